The van der Waals surface area contributed by atoms with Gasteiger partial charge < -0.3 is 5.43 Å². The number of azo groups is 1. The number of hydrazine groups is 1. The second kappa shape index (κ2) is 8.47. The van der Waals surface area contributed by atoms with Gasteiger partial charge in [-0.05, 0) is 60.7 Å². The van der Waals surface area contributed by atoms with Crippen molar-refractivity contribution in [2.45, 2.75) is 0 Å². The normalized spacial score (nSPS) is 10.7. The molecule has 0 aliphatic rings. The van der Waals surface area contributed by atoms with E-state index in [0.717, 1.165) is 5.69 Å². The summed E-state index contributed by atoms with van der Waals surface area (Å²) >= 11 is 11.7. The van der Waals surface area contributed by atoms with Crippen LogP contribution in [-0.2, 0) is 0 Å². The highest BCUT2D eigenvalue weighted by Crippen LogP contribution is 2.19. The summed E-state index contributed by atoms with van der Waals surface area (Å²) in [4.78, 5) is 12.6. The minimum atomic E-state index is -0.283. The van der Waals surface area contributed by atoms with Crippen molar-refractivity contribution in [1.29, 1.82) is 0 Å². The van der Waals surface area contributed by atoms with Crippen LogP contribution in [0.2, 0.25) is 10.0 Å². The minimum absolute atomic E-state index is 0.213. The Labute approximate surface area is 160 Å². The van der Waals surface area contributed by atoms with Gasteiger partial charge in [-0.3, -0.25) is 10.2 Å². The number of benzene rings is 2. The number of anilines is 2. The maximum Gasteiger partial charge on any atom is 0.230 e. The Morgan fingerprint density at radius 2 is 1.31 bits per heavy atom. The van der Waals surface area contributed by atoms with Crippen LogP contribution in [-0.4, -0.2) is 0 Å². The molecule has 3 rings (SSSR count). The van der Waals surface area contributed by atoms with Gasteiger partial charge in [-0.1, -0.05) is 35.3 Å². The van der Waals surface area contributed by atoms with Gasteiger partial charge in [-0.25, -0.2) is 0 Å². The summed E-state index contributed by atoms with van der Waals surface area (Å²) in [6.07, 6.45) is 0. The first-order chi connectivity index (χ1) is 12.6. The molecule has 0 saturated heterocycles. The van der Waals surface area contributed by atoms with Gasteiger partial charge in [0, 0.05) is 10.0 Å². The van der Waals surface area contributed by atoms with Crippen LogP contribution in [0.25, 0.3) is 0 Å². The molecule has 7 heteroatoms. The Bertz CT molecular complexity index is 974. The van der Waals surface area contributed by atoms with Crippen LogP contribution in [0.15, 0.2) is 87.8 Å². The molecule has 2 N–H and O–H groups in total. The zero-order valence-electron chi connectivity index (χ0n) is 13.5. The minimum Gasteiger partial charge on any atom is -0.301 e. The monoisotopic (exact) mass is 384 g/mol. The molecule has 0 heterocycles. The predicted octanol–water partition coefficient (Wildman–Crippen LogP) is 6.21. The van der Waals surface area contributed by atoms with Crippen molar-refractivity contribution in [3.05, 3.63) is 93.1 Å². The maximum atomic E-state index is 12.6. The highest BCUT2D eigenvalue weighted by molar-refractivity contribution is 6.30. The first kappa shape index (κ1) is 17.9. The van der Waals surface area contributed by atoms with E-state index in [1.807, 2.05) is 0 Å². The fourth-order valence-corrected chi connectivity index (χ4v) is 2.31. The summed E-state index contributed by atoms with van der Waals surface area (Å²) in [5.41, 5.74) is 7.49. The summed E-state index contributed by atoms with van der Waals surface area (Å²) in [7, 11) is 0. The molecule has 0 fully saturated rings. The van der Waals surface area contributed by atoms with Gasteiger partial charge in [0.05, 0.1) is 11.4 Å². The Morgan fingerprint density at radius 3 is 2.00 bits per heavy atom. The highest BCUT2D eigenvalue weighted by Gasteiger charge is 2.03. The molecule has 0 unspecified atom stereocenters. The summed E-state index contributed by atoms with van der Waals surface area (Å²) in [5.74, 6) is 0. The molecule has 0 saturated carbocycles. The lowest BCUT2D eigenvalue weighted by Crippen LogP contribution is -2.15. The Morgan fingerprint density at radius 1 is 0.692 bits per heavy atom. The molecule has 26 heavy (non-hydrogen) atoms. The summed E-state index contributed by atoms with van der Waals surface area (Å²) < 4.78 is 0. The second-order valence-corrected chi connectivity index (χ2v) is 6.15. The van der Waals surface area contributed by atoms with Crippen molar-refractivity contribution in [1.82, 2.24) is 0 Å². The van der Waals surface area contributed by atoms with E-state index in [2.05, 4.69) is 21.1 Å². The standard InChI is InChI=1S/C19H14Cl2N4O/c20-13-5-9-15(10-6-13)22-24-17-3-1-2-4-18(19(17)26)25-23-16-11-7-14(21)8-12-16/h1-12,22H,(H,24,26). The number of halogens is 2. The maximum absolute atomic E-state index is 12.6. The SMILES string of the molecule is O=c1c(N=Nc2ccc(Cl)cc2)ccccc1NNc1ccc(Cl)cc1. The first-order valence-electron chi connectivity index (χ1n) is 7.70. The molecule has 130 valence electrons. The third-order valence-electron chi connectivity index (χ3n) is 3.39. The Balaban J connectivity index is 1.80. The van der Waals surface area contributed by atoms with Crippen LogP contribution in [0.4, 0.5) is 22.7 Å². The number of rotatable bonds is 5. The first-order valence-corrected chi connectivity index (χ1v) is 8.46. The van der Waals surface area contributed by atoms with Gasteiger partial charge in [0.25, 0.3) is 0 Å². The molecule has 0 radical (unpaired) electrons. The molecule has 0 bridgehead atoms. The van der Waals surface area contributed by atoms with Crippen LogP contribution in [0.5, 0.6) is 0 Å². The quantitative estimate of drug-likeness (QED) is 0.405. The van der Waals surface area contributed by atoms with Crippen LogP contribution >= 0.6 is 23.2 Å². The van der Waals surface area contributed by atoms with Gasteiger partial charge in [0.15, 0.2) is 0 Å². The van der Waals surface area contributed by atoms with Crippen molar-refractivity contribution < 1.29 is 0 Å². The molecule has 0 amide bonds. The van der Waals surface area contributed by atoms with Crippen molar-refractivity contribution in [2.24, 2.45) is 10.2 Å². The molecule has 5 nitrogen and oxygen atoms in total. The van der Waals surface area contributed by atoms with Gasteiger partial charge in [0.1, 0.15) is 11.4 Å². The zero-order valence-corrected chi connectivity index (χ0v) is 15.0. The summed E-state index contributed by atoms with van der Waals surface area (Å²) in [5, 5.41) is 9.38. The van der Waals surface area contributed by atoms with Crippen LogP contribution in [0.3, 0.4) is 0 Å². The fourth-order valence-electron chi connectivity index (χ4n) is 2.06. The van der Waals surface area contributed by atoms with E-state index in [1.54, 1.807) is 72.8 Å². The molecular formula is C19H14Cl2N4O. The number of nitrogens with zero attached hydrogens (tertiary/aromatic N) is 2. The van der Waals surface area contributed by atoms with Gasteiger partial charge in [-0.15, -0.1) is 5.11 Å². The molecule has 0 aliphatic heterocycles. The van der Waals surface area contributed by atoms with E-state index in [4.69, 9.17) is 23.2 Å². The Kier molecular flexibility index (Phi) is 5.84. The van der Waals surface area contributed by atoms with E-state index >= 15 is 0 Å². The van der Waals surface area contributed by atoms with Crippen LogP contribution in [0.1, 0.15) is 0 Å². The predicted molar refractivity (Wildman–Crippen MR) is 107 cm³/mol. The summed E-state index contributed by atoms with van der Waals surface area (Å²) in [6.45, 7) is 0. The number of hydrogen-bond acceptors (Lipinski definition) is 5. The smallest absolute Gasteiger partial charge is 0.230 e. The third-order valence-corrected chi connectivity index (χ3v) is 3.89. The third kappa shape index (κ3) is 4.81. The van der Waals surface area contributed by atoms with Gasteiger partial charge >= 0.3 is 0 Å². The van der Waals surface area contributed by atoms with E-state index < -0.39 is 0 Å². The molecule has 0 aromatic heterocycles. The van der Waals surface area contributed by atoms with Crippen molar-refractivity contribution in [3.8, 4) is 0 Å². The van der Waals surface area contributed by atoms with E-state index in [9.17, 15) is 4.79 Å². The van der Waals surface area contributed by atoms with Crippen molar-refractivity contribution in [2.75, 3.05) is 10.9 Å². The topological polar surface area (TPSA) is 65.8 Å². The molecule has 0 spiro atoms. The second-order valence-electron chi connectivity index (χ2n) is 5.28. The largest absolute Gasteiger partial charge is 0.301 e. The van der Waals surface area contributed by atoms with Gasteiger partial charge in [0.2, 0.25) is 5.43 Å². The number of nitrogens with one attached hydrogen (secondary N) is 2. The van der Waals surface area contributed by atoms with Crippen molar-refractivity contribution in [3.63, 3.8) is 0 Å². The fraction of sp³-hybridized carbons (Fsp3) is 0. The van der Waals surface area contributed by atoms with Crippen LogP contribution in [0, 0.1) is 0 Å². The number of hydrogen-bond donors (Lipinski definition) is 2. The lowest BCUT2D eigenvalue weighted by atomic mass is 10.3. The molecule has 3 aromatic rings. The van der Waals surface area contributed by atoms with E-state index in [0.29, 0.717) is 21.4 Å². The molecule has 0 atom stereocenters. The Hall–Kier alpha value is -2.89. The molecule has 0 aliphatic carbocycles. The average molecular weight is 385 g/mol. The van der Waals surface area contributed by atoms with Crippen LogP contribution < -0.4 is 16.3 Å². The lowest BCUT2D eigenvalue weighted by molar-refractivity contribution is 1.22. The van der Waals surface area contributed by atoms with Gasteiger partial charge in [-0.2, -0.15) is 5.11 Å². The lowest BCUT2D eigenvalue weighted by Gasteiger charge is -2.08. The van der Waals surface area contributed by atoms with Crippen molar-refractivity contribution >= 4 is 46.0 Å². The highest BCUT2D eigenvalue weighted by atomic mass is 35.5. The summed E-state index contributed by atoms with van der Waals surface area (Å²) in [6, 6.07) is 20.7. The molecular weight excluding hydrogens is 371 g/mol. The average Bonchev–Trinajstić information content (AvgIpc) is 2.82. The molecule has 3 aromatic carbocycles. The van der Waals surface area contributed by atoms with E-state index in [-0.39, 0.29) is 11.1 Å². The zero-order chi connectivity index (χ0) is 18.4. The van der Waals surface area contributed by atoms with E-state index in [1.165, 1.54) is 0 Å².